The molecule has 2 atom stereocenters. The quantitative estimate of drug-likeness (QED) is 0.766. The standard InChI is InChI=1S/C18H21ClFN/c1-12(2)18(14-8-10-15(19)11-9-14)21-13(3)16-6-4-5-7-17(16)20/h4-13,18,21H,1-3H3. The molecule has 3 heteroatoms. The van der Waals surface area contributed by atoms with E-state index in [1.54, 1.807) is 6.07 Å². The summed E-state index contributed by atoms with van der Waals surface area (Å²) >= 11 is 5.95. The molecule has 0 aliphatic heterocycles. The molecule has 1 N–H and O–H groups in total. The van der Waals surface area contributed by atoms with Crippen LogP contribution in [-0.4, -0.2) is 0 Å². The van der Waals surface area contributed by atoms with Crippen molar-refractivity contribution >= 4 is 11.6 Å². The van der Waals surface area contributed by atoms with Crippen molar-refractivity contribution in [3.63, 3.8) is 0 Å². The molecule has 0 bridgehead atoms. The predicted octanol–water partition coefficient (Wildman–Crippen LogP) is 5.53. The SMILES string of the molecule is CC(NC(c1ccc(Cl)cc1)C(C)C)c1ccccc1F. The van der Waals surface area contributed by atoms with E-state index in [4.69, 9.17) is 11.6 Å². The van der Waals surface area contributed by atoms with E-state index in [-0.39, 0.29) is 17.9 Å². The second-order valence-corrected chi connectivity index (χ2v) is 6.12. The maximum atomic E-state index is 13.9. The van der Waals surface area contributed by atoms with Gasteiger partial charge in [-0.15, -0.1) is 0 Å². The molecule has 21 heavy (non-hydrogen) atoms. The lowest BCUT2D eigenvalue weighted by atomic mass is 9.94. The van der Waals surface area contributed by atoms with Crippen LogP contribution in [0.1, 0.15) is 44.0 Å². The third-order valence-electron chi connectivity index (χ3n) is 3.70. The monoisotopic (exact) mass is 305 g/mol. The Morgan fingerprint density at radius 1 is 0.952 bits per heavy atom. The molecular weight excluding hydrogens is 285 g/mol. The van der Waals surface area contributed by atoms with Crippen LogP contribution in [0.15, 0.2) is 48.5 Å². The highest BCUT2D eigenvalue weighted by molar-refractivity contribution is 6.30. The van der Waals surface area contributed by atoms with Crippen LogP contribution in [0.3, 0.4) is 0 Å². The lowest BCUT2D eigenvalue weighted by Gasteiger charge is -2.27. The van der Waals surface area contributed by atoms with Crippen molar-refractivity contribution in [3.8, 4) is 0 Å². The van der Waals surface area contributed by atoms with Crippen LogP contribution < -0.4 is 5.32 Å². The molecule has 0 aliphatic carbocycles. The first-order chi connectivity index (χ1) is 9.99. The molecule has 0 aliphatic rings. The second-order valence-electron chi connectivity index (χ2n) is 5.68. The highest BCUT2D eigenvalue weighted by atomic mass is 35.5. The zero-order valence-corrected chi connectivity index (χ0v) is 13.4. The molecule has 0 aromatic heterocycles. The fraction of sp³-hybridized carbons (Fsp3) is 0.333. The van der Waals surface area contributed by atoms with Crippen molar-refractivity contribution in [1.29, 1.82) is 0 Å². The average molecular weight is 306 g/mol. The maximum Gasteiger partial charge on any atom is 0.127 e. The molecular formula is C18H21ClFN. The van der Waals surface area contributed by atoms with E-state index in [9.17, 15) is 4.39 Å². The van der Waals surface area contributed by atoms with E-state index in [2.05, 4.69) is 19.2 Å². The molecule has 0 saturated heterocycles. The van der Waals surface area contributed by atoms with Crippen LogP contribution in [-0.2, 0) is 0 Å². The van der Waals surface area contributed by atoms with Gasteiger partial charge in [0.05, 0.1) is 0 Å². The molecule has 2 aromatic carbocycles. The summed E-state index contributed by atoms with van der Waals surface area (Å²) in [5, 5.41) is 4.25. The lowest BCUT2D eigenvalue weighted by molar-refractivity contribution is 0.369. The Bertz CT molecular complexity index is 580. The normalized spacial score (nSPS) is 14.2. The molecule has 2 rings (SSSR count). The molecule has 0 saturated carbocycles. The van der Waals surface area contributed by atoms with Gasteiger partial charge in [0.15, 0.2) is 0 Å². The van der Waals surface area contributed by atoms with Gasteiger partial charge in [-0.25, -0.2) is 4.39 Å². The average Bonchev–Trinajstić information content (AvgIpc) is 2.46. The van der Waals surface area contributed by atoms with Gasteiger partial charge in [0.1, 0.15) is 5.82 Å². The Kier molecular flexibility index (Phi) is 5.38. The summed E-state index contributed by atoms with van der Waals surface area (Å²) < 4.78 is 13.9. The van der Waals surface area contributed by atoms with Gasteiger partial charge in [0.25, 0.3) is 0 Å². The van der Waals surface area contributed by atoms with Crippen molar-refractivity contribution in [1.82, 2.24) is 5.32 Å². The van der Waals surface area contributed by atoms with Gasteiger partial charge in [0.2, 0.25) is 0 Å². The first-order valence-electron chi connectivity index (χ1n) is 7.25. The van der Waals surface area contributed by atoms with Crippen LogP contribution >= 0.6 is 11.6 Å². The number of benzene rings is 2. The first-order valence-corrected chi connectivity index (χ1v) is 7.62. The van der Waals surface area contributed by atoms with E-state index in [1.807, 2.05) is 43.3 Å². The molecule has 112 valence electrons. The van der Waals surface area contributed by atoms with Crippen LogP contribution in [0.4, 0.5) is 4.39 Å². The van der Waals surface area contributed by atoms with Gasteiger partial charge in [-0.05, 0) is 36.6 Å². The molecule has 0 heterocycles. The molecule has 0 radical (unpaired) electrons. The van der Waals surface area contributed by atoms with Gasteiger partial charge in [0, 0.05) is 22.7 Å². The summed E-state index contributed by atoms with van der Waals surface area (Å²) in [7, 11) is 0. The summed E-state index contributed by atoms with van der Waals surface area (Å²) in [5.41, 5.74) is 1.86. The maximum absolute atomic E-state index is 13.9. The van der Waals surface area contributed by atoms with Crippen LogP contribution in [0.5, 0.6) is 0 Å². The fourth-order valence-electron chi connectivity index (χ4n) is 2.53. The minimum Gasteiger partial charge on any atom is -0.303 e. The van der Waals surface area contributed by atoms with Gasteiger partial charge in [-0.3, -0.25) is 0 Å². The van der Waals surface area contributed by atoms with Crippen LogP contribution in [0, 0.1) is 11.7 Å². The third kappa shape index (κ3) is 4.05. The van der Waals surface area contributed by atoms with Gasteiger partial charge < -0.3 is 5.32 Å². The molecule has 0 spiro atoms. The van der Waals surface area contributed by atoms with E-state index in [1.165, 1.54) is 6.07 Å². The topological polar surface area (TPSA) is 12.0 Å². The smallest absolute Gasteiger partial charge is 0.127 e. The number of rotatable bonds is 5. The number of halogens is 2. The third-order valence-corrected chi connectivity index (χ3v) is 3.95. The first kappa shape index (κ1) is 16.0. The summed E-state index contributed by atoms with van der Waals surface area (Å²) in [6, 6.07) is 14.8. The van der Waals surface area contributed by atoms with E-state index >= 15 is 0 Å². The van der Waals surface area contributed by atoms with Crippen molar-refractivity contribution in [3.05, 3.63) is 70.5 Å². The van der Waals surface area contributed by atoms with Crippen molar-refractivity contribution in [2.45, 2.75) is 32.9 Å². The van der Waals surface area contributed by atoms with Gasteiger partial charge in [-0.1, -0.05) is 55.8 Å². The van der Waals surface area contributed by atoms with Crippen molar-refractivity contribution < 1.29 is 4.39 Å². The molecule has 0 fully saturated rings. The van der Waals surface area contributed by atoms with Crippen molar-refractivity contribution in [2.24, 2.45) is 5.92 Å². The van der Waals surface area contributed by atoms with Gasteiger partial charge >= 0.3 is 0 Å². The highest BCUT2D eigenvalue weighted by Crippen LogP contribution is 2.27. The summed E-state index contributed by atoms with van der Waals surface area (Å²) in [6.07, 6.45) is 0. The van der Waals surface area contributed by atoms with E-state index < -0.39 is 0 Å². The highest BCUT2D eigenvalue weighted by Gasteiger charge is 2.20. The van der Waals surface area contributed by atoms with E-state index in [0.29, 0.717) is 11.5 Å². The molecule has 2 unspecified atom stereocenters. The van der Waals surface area contributed by atoms with Crippen LogP contribution in [0.25, 0.3) is 0 Å². The number of nitrogens with one attached hydrogen (secondary N) is 1. The Morgan fingerprint density at radius 3 is 2.14 bits per heavy atom. The van der Waals surface area contributed by atoms with Gasteiger partial charge in [-0.2, -0.15) is 0 Å². The predicted molar refractivity (Wildman–Crippen MR) is 87.0 cm³/mol. The summed E-state index contributed by atoms with van der Waals surface area (Å²) in [6.45, 7) is 6.30. The summed E-state index contributed by atoms with van der Waals surface area (Å²) in [5.74, 6) is 0.219. The zero-order valence-electron chi connectivity index (χ0n) is 12.6. The Hall–Kier alpha value is -1.38. The Labute approximate surface area is 131 Å². The summed E-state index contributed by atoms with van der Waals surface area (Å²) in [4.78, 5) is 0. The van der Waals surface area contributed by atoms with Crippen molar-refractivity contribution in [2.75, 3.05) is 0 Å². The lowest BCUT2D eigenvalue weighted by Crippen LogP contribution is -2.28. The number of hydrogen-bond acceptors (Lipinski definition) is 1. The van der Waals surface area contributed by atoms with Crippen LogP contribution in [0.2, 0.25) is 5.02 Å². The molecule has 2 aromatic rings. The molecule has 0 amide bonds. The Morgan fingerprint density at radius 2 is 1.57 bits per heavy atom. The second kappa shape index (κ2) is 7.06. The Balaban J connectivity index is 2.20. The minimum atomic E-state index is -0.170. The zero-order chi connectivity index (χ0) is 15.4. The largest absolute Gasteiger partial charge is 0.303 e. The molecule has 1 nitrogen and oxygen atoms in total. The van der Waals surface area contributed by atoms with E-state index in [0.717, 1.165) is 10.6 Å². The number of hydrogen-bond donors (Lipinski definition) is 1. The minimum absolute atomic E-state index is 0.0609. The fourth-order valence-corrected chi connectivity index (χ4v) is 2.66.